The third-order valence-corrected chi connectivity index (χ3v) is 9.58. The molecule has 4 rings (SSSR count). The second-order valence-electron chi connectivity index (χ2n) is 12.6. The molecule has 0 aromatic heterocycles. The van der Waals surface area contributed by atoms with Crippen LogP contribution in [0, 0.1) is 17.3 Å². The number of rotatable bonds is 6. The average molecular weight is 623 g/mol. The lowest BCUT2D eigenvalue weighted by Crippen LogP contribution is -2.68. The lowest BCUT2D eigenvalue weighted by atomic mass is 9.52. The zero-order valence-corrected chi connectivity index (χ0v) is 26.6. The molecule has 11 atom stereocenters. The van der Waals surface area contributed by atoms with Gasteiger partial charge in [-0.15, -0.1) is 0 Å². The van der Waals surface area contributed by atoms with Crippen molar-refractivity contribution in [3.05, 3.63) is 11.6 Å². The van der Waals surface area contributed by atoms with E-state index in [2.05, 4.69) is 0 Å². The number of carbonyl (C=O) groups is 6. The molecular weight excluding hydrogens is 580 g/mol. The quantitative estimate of drug-likeness (QED) is 0.183. The van der Waals surface area contributed by atoms with Gasteiger partial charge < -0.3 is 33.2 Å². The van der Waals surface area contributed by atoms with Gasteiger partial charge in [-0.2, -0.15) is 0 Å². The Hall–Kier alpha value is -3.48. The van der Waals surface area contributed by atoms with Crippen LogP contribution in [0.25, 0.3) is 0 Å². The summed E-state index contributed by atoms with van der Waals surface area (Å²) < 4.78 is 41.7. The summed E-state index contributed by atoms with van der Waals surface area (Å²) in [6, 6.07) is 0. The number of hydrogen-bond acceptors (Lipinski definition) is 13. The molecule has 0 unspecified atom stereocenters. The Balaban J connectivity index is 2.08. The van der Waals surface area contributed by atoms with Crippen molar-refractivity contribution in [2.45, 2.75) is 129 Å². The second-order valence-corrected chi connectivity index (χ2v) is 12.6. The van der Waals surface area contributed by atoms with Crippen molar-refractivity contribution in [1.82, 2.24) is 0 Å². The maximum atomic E-state index is 13.2. The van der Waals surface area contributed by atoms with E-state index in [0.717, 1.165) is 0 Å². The highest BCUT2D eigenvalue weighted by Crippen LogP contribution is 2.66. The van der Waals surface area contributed by atoms with E-state index in [1.807, 2.05) is 0 Å². The zero-order valence-electron chi connectivity index (χ0n) is 26.6. The van der Waals surface area contributed by atoms with Crippen molar-refractivity contribution in [3.63, 3.8) is 0 Å². The van der Waals surface area contributed by atoms with Crippen LogP contribution in [-0.4, -0.2) is 83.6 Å². The van der Waals surface area contributed by atoms with Crippen molar-refractivity contribution in [1.29, 1.82) is 0 Å². The Morgan fingerprint density at radius 1 is 0.864 bits per heavy atom. The van der Waals surface area contributed by atoms with E-state index in [1.54, 1.807) is 40.7 Å². The molecular formula is C31H42O13. The third-order valence-electron chi connectivity index (χ3n) is 9.58. The van der Waals surface area contributed by atoms with Gasteiger partial charge in [0.25, 0.3) is 0 Å². The van der Waals surface area contributed by atoms with Crippen molar-refractivity contribution in [2.24, 2.45) is 17.3 Å². The first-order valence-corrected chi connectivity index (χ1v) is 14.9. The highest BCUT2D eigenvalue weighted by molar-refractivity contribution is 5.89. The van der Waals surface area contributed by atoms with Gasteiger partial charge in [0, 0.05) is 58.8 Å². The SMILES string of the molecule is CCC(=O)O[C@H]1C[C@H](OC(C)=O)[C@@]2(C)[C@H]([C@H]1C)[C@H](OC(C)=O)[C@]13O[C@@]1(C)C(=O)O[C@H]3/C=C(/C)C[C@H](OC(C)=O)[C@@H]2OC(C)=O. The highest BCUT2D eigenvalue weighted by Gasteiger charge is 2.87. The van der Waals surface area contributed by atoms with Crippen LogP contribution in [0.1, 0.15) is 81.6 Å². The van der Waals surface area contributed by atoms with Crippen LogP contribution in [0.15, 0.2) is 11.6 Å². The van der Waals surface area contributed by atoms with E-state index in [9.17, 15) is 28.8 Å². The summed E-state index contributed by atoms with van der Waals surface area (Å²) in [4.78, 5) is 76.5. The van der Waals surface area contributed by atoms with Gasteiger partial charge in [0.15, 0.2) is 17.3 Å². The number of epoxide rings is 1. The lowest BCUT2D eigenvalue weighted by molar-refractivity contribution is -0.247. The molecule has 0 N–H and O–H groups in total. The van der Waals surface area contributed by atoms with Crippen molar-refractivity contribution >= 4 is 35.8 Å². The second kappa shape index (κ2) is 11.8. The fraction of sp³-hybridized carbons (Fsp3) is 0.742. The summed E-state index contributed by atoms with van der Waals surface area (Å²) in [6.07, 6.45) is -4.86. The van der Waals surface area contributed by atoms with E-state index in [0.29, 0.717) is 5.57 Å². The van der Waals surface area contributed by atoms with Crippen LogP contribution in [-0.2, 0) is 61.9 Å². The number of hydrogen-bond donors (Lipinski definition) is 0. The first-order chi connectivity index (χ1) is 20.4. The van der Waals surface area contributed by atoms with Gasteiger partial charge in [-0.05, 0) is 19.9 Å². The van der Waals surface area contributed by atoms with Gasteiger partial charge >= 0.3 is 35.8 Å². The van der Waals surface area contributed by atoms with Crippen LogP contribution in [0.3, 0.4) is 0 Å². The Labute approximate surface area is 256 Å². The first kappa shape index (κ1) is 33.4. The van der Waals surface area contributed by atoms with E-state index >= 15 is 0 Å². The van der Waals surface area contributed by atoms with E-state index in [4.69, 9.17) is 33.2 Å². The number of fused-ring (bicyclic) bond motifs is 1. The molecule has 0 radical (unpaired) electrons. The molecule has 13 heteroatoms. The molecule has 4 aliphatic rings. The third kappa shape index (κ3) is 5.48. The Bertz CT molecular complexity index is 1270. The predicted octanol–water partition coefficient (Wildman–Crippen LogP) is 2.50. The number of carbonyl (C=O) groups excluding carboxylic acids is 6. The summed E-state index contributed by atoms with van der Waals surface area (Å²) in [5.41, 5.74) is -3.90. The molecule has 1 saturated carbocycles. The summed E-state index contributed by atoms with van der Waals surface area (Å²) in [6.45, 7) is 13.2. The summed E-state index contributed by atoms with van der Waals surface area (Å²) in [5.74, 6) is -5.54. The topological polar surface area (TPSA) is 170 Å². The van der Waals surface area contributed by atoms with Crippen molar-refractivity contribution < 1.29 is 61.9 Å². The molecule has 2 saturated heterocycles. The Morgan fingerprint density at radius 3 is 1.95 bits per heavy atom. The van der Waals surface area contributed by atoms with Gasteiger partial charge in [0.05, 0.1) is 5.41 Å². The Morgan fingerprint density at radius 2 is 1.43 bits per heavy atom. The van der Waals surface area contributed by atoms with Crippen molar-refractivity contribution in [2.75, 3.05) is 0 Å². The average Bonchev–Trinajstić information content (AvgIpc) is 3.49. The summed E-state index contributed by atoms with van der Waals surface area (Å²) >= 11 is 0. The molecule has 1 spiro atoms. The van der Waals surface area contributed by atoms with Crippen LogP contribution in [0.5, 0.6) is 0 Å². The molecule has 13 nitrogen and oxygen atoms in total. The van der Waals surface area contributed by atoms with Gasteiger partial charge in [-0.3, -0.25) is 24.0 Å². The van der Waals surface area contributed by atoms with Gasteiger partial charge in [-0.25, -0.2) is 4.79 Å². The number of esters is 6. The summed E-state index contributed by atoms with van der Waals surface area (Å²) in [5, 5.41) is 0. The fourth-order valence-corrected chi connectivity index (χ4v) is 7.71. The maximum absolute atomic E-state index is 13.2. The standard InChI is InChI=1S/C31H42O13/c1-10-24(36)42-20-13-22(39-17(5)33)29(8)25(15(20)3)27(41-19(7)35)31-23(43-28(37)30(31,9)44-31)12-14(2)11-21(38-16(4)32)26(29)40-18(6)34/h12,15,20-23,25-27H,10-11,13H2,1-9H3/b14-12-/t15-,20-,21-,22-,23-,25+,26-,27-,29-,30-,31-/m0/s1. The van der Waals surface area contributed by atoms with Crippen LogP contribution in [0.2, 0.25) is 0 Å². The minimum atomic E-state index is -1.52. The first-order valence-electron chi connectivity index (χ1n) is 14.9. The zero-order chi connectivity index (χ0) is 32.9. The highest BCUT2D eigenvalue weighted by atomic mass is 16.7. The number of ether oxygens (including phenoxy) is 7. The molecule has 2 aliphatic heterocycles. The normalized spacial score (nSPS) is 42.0. The fourth-order valence-electron chi connectivity index (χ4n) is 7.71. The van der Waals surface area contributed by atoms with Crippen LogP contribution in [0.4, 0.5) is 0 Å². The minimum absolute atomic E-state index is 0.00433. The van der Waals surface area contributed by atoms with Gasteiger partial charge in [0.2, 0.25) is 0 Å². The van der Waals surface area contributed by atoms with E-state index in [1.165, 1.54) is 27.7 Å². The molecule has 0 bridgehead atoms. The van der Waals surface area contributed by atoms with Gasteiger partial charge in [-0.1, -0.05) is 26.3 Å². The molecule has 2 heterocycles. The van der Waals surface area contributed by atoms with E-state index < -0.39 is 101 Å². The predicted molar refractivity (Wildman–Crippen MR) is 148 cm³/mol. The van der Waals surface area contributed by atoms with E-state index in [-0.39, 0.29) is 19.3 Å². The maximum Gasteiger partial charge on any atom is 0.342 e. The lowest BCUT2D eigenvalue weighted by Gasteiger charge is -2.57. The van der Waals surface area contributed by atoms with Crippen molar-refractivity contribution in [3.8, 4) is 0 Å². The largest absolute Gasteiger partial charge is 0.462 e. The molecule has 0 aromatic carbocycles. The molecule has 44 heavy (non-hydrogen) atoms. The molecule has 244 valence electrons. The smallest absolute Gasteiger partial charge is 0.342 e. The minimum Gasteiger partial charge on any atom is -0.462 e. The van der Waals surface area contributed by atoms with Crippen LogP contribution >= 0.6 is 0 Å². The van der Waals surface area contributed by atoms with Crippen LogP contribution < -0.4 is 0 Å². The molecule has 0 amide bonds. The van der Waals surface area contributed by atoms with Gasteiger partial charge in [0.1, 0.15) is 30.5 Å². The Kier molecular flexibility index (Phi) is 8.95. The molecule has 3 fully saturated rings. The molecule has 0 aromatic rings. The molecule has 2 aliphatic carbocycles. The monoisotopic (exact) mass is 622 g/mol. The summed E-state index contributed by atoms with van der Waals surface area (Å²) in [7, 11) is 0.